The monoisotopic (exact) mass is 331 g/mol. The summed E-state index contributed by atoms with van der Waals surface area (Å²) in [4.78, 5) is 14.5. The first kappa shape index (κ1) is 18.1. The van der Waals surface area contributed by atoms with Crippen LogP contribution in [-0.4, -0.2) is 44.7 Å². The van der Waals surface area contributed by atoms with Crippen LogP contribution in [0.4, 0.5) is 5.69 Å². The van der Waals surface area contributed by atoms with Crippen molar-refractivity contribution in [3.63, 3.8) is 0 Å². The molecule has 0 spiro atoms. The summed E-state index contributed by atoms with van der Waals surface area (Å²) in [5.74, 6) is 2.01. The zero-order chi connectivity index (χ0) is 17.7. The number of hydrogen-bond acceptors (Lipinski definition) is 5. The highest BCUT2D eigenvalue weighted by atomic mass is 16.5. The fourth-order valence-electron chi connectivity index (χ4n) is 3.39. The van der Waals surface area contributed by atoms with Gasteiger partial charge in [0.15, 0.2) is 11.5 Å². The summed E-state index contributed by atoms with van der Waals surface area (Å²) >= 11 is 0. The molecule has 6 nitrogen and oxygen atoms in total. The van der Waals surface area contributed by atoms with Crippen LogP contribution in [0.25, 0.3) is 0 Å². The average Bonchev–Trinajstić information content (AvgIpc) is 2.53. The van der Waals surface area contributed by atoms with Gasteiger partial charge in [-0.15, -0.1) is 0 Å². The predicted octanol–water partition coefficient (Wildman–Crippen LogP) is 2.49. The Labute approximate surface area is 143 Å². The van der Waals surface area contributed by atoms with Gasteiger partial charge in [0.2, 0.25) is 5.91 Å². The van der Waals surface area contributed by atoms with Gasteiger partial charge in [0, 0.05) is 25.2 Å². The Morgan fingerprint density at radius 3 is 2.38 bits per heavy atom. The van der Waals surface area contributed by atoms with Crippen molar-refractivity contribution < 1.29 is 14.3 Å². The molecule has 0 radical (unpaired) electrons. The first-order valence-corrected chi connectivity index (χ1v) is 8.15. The van der Waals surface area contributed by atoms with E-state index in [0.29, 0.717) is 41.1 Å². The molecule has 1 fully saturated rings. The first-order chi connectivity index (χ1) is 11.5. The Balaban J connectivity index is 2.09. The SMILES string of the molecule is COc1cc(C#N)c(NC(=O)CN2CC(C)CC(C)C2)cc1OC. The lowest BCUT2D eigenvalue weighted by Gasteiger charge is -2.34. The number of benzene rings is 1. The van der Waals surface area contributed by atoms with Gasteiger partial charge in [0.25, 0.3) is 0 Å². The van der Waals surface area contributed by atoms with E-state index >= 15 is 0 Å². The number of hydrogen-bond donors (Lipinski definition) is 1. The van der Waals surface area contributed by atoms with Crippen molar-refractivity contribution in [3.8, 4) is 17.6 Å². The number of methoxy groups -OCH3 is 2. The van der Waals surface area contributed by atoms with Crippen molar-refractivity contribution in [1.82, 2.24) is 4.90 Å². The van der Waals surface area contributed by atoms with E-state index in [1.54, 1.807) is 12.1 Å². The molecule has 2 rings (SSSR count). The number of nitrogens with zero attached hydrogens (tertiary/aromatic N) is 2. The lowest BCUT2D eigenvalue weighted by atomic mass is 9.92. The highest BCUT2D eigenvalue weighted by molar-refractivity contribution is 5.94. The molecule has 1 aliphatic heterocycles. The van der Waals surface area contributed by atoms with Gasteiger partial charge in [-0.25, -0.2) is 0 Å². The Morgan fingerprint density at radius 1 is 1.25 bits per heavy atom. The summed E-state index contributed by atoms with van der Waals surface area (Å²) in [5, 5.41) is 12.1. The number of ether oxygens (including phenoxy) is 2. The summed E-state index contributed by atoms with van der Waals surface area (Å²) < 4.78 is 10.4. The minimum absolute atomic E-state index is 0.125. The Morgan fingerprint density at radius 2 is 1.83 bits per heavy atom. The van der Waals surface area contributed by atoms with Gasteiger partial charge in [-0.3, -0.25) is 9.69 Å². The van der Waals surface area contributed by atoms with E-state index in [0.717, 1.165) is 13.1 Å². The number of rotatable bonds is 5. The predicted molar refractivity (Wildman–Crippen MR) is 92.3 cm³/mol. The molecule has 1 saturated heterocycles. The number of piperidine rings is 1. The van der Waals surface area contributed by atoms with E-state index in [-0.39, 0.29) is 5.91 Å². The fourth-order valence-corrected chi connectivity index (χ4v) is 3.39. The molecule has 1 N–H and O–H groups in total. The number of carbonyl (C=O) groups excluding carboxylic acids is 1. The summed E-state index contributed by atoms with van der Waals surface area (Å²) in [7, 11) is 3.03. The summed E-state index contributed by atoms with van der Waals surface area (Å²) in [6.45, 7) is 6.60. The minimum Gasteiger partial charge on any atom is -0.493 e. The molecular weight excluding hydrogens is 306 g/mol. The van der Waals surface area contributed by atoms with Crippen molar-refractivity contribution in [2.24, 2.45) is 11.8 Å². The van der Waals surface area contributed by atoms with Crippen molar-refractivity contribution >= 4 is 11.6 Å². The van der Waals surface area contributed by atoms with E-state index in [2.05, 4.69) is 30.1 Å². The molecule has 6 heteroatoms. The van der Waals surface area contributed by atoms with E-state index in [1.807, 2.05) is 0 Å². The van der Waals surface area contributed by atoms with E-state index in [4.69, 9.17) is 9.47 Å². The van der Waals surface area contributed by atoms with Gasteiger partial charge < -0.3 is 14.8 Å². The second-order valence-electron chi connectivity index (χ2n) is 6.55. The molecule has 0 saturated carbocycles. The summed E-state index contributed by atoms with van der Waals surface area (Å²) in [5.41, 5.74) is 0.791. The highest BCUT2D eigenvalue weighted by Crippen LogP contribution is 2.33. The van der Waals surface area contributed by atoms with Crippen LogP contribution in [0.15, 0.2) is 12.1 Å². The smallest absolute Gasteiger partial charge is 0.238 e. The molecule has 0 aromatic heterocycles. The number of anilines is 1. The molecule has 1 aromatic rings. The zero-order valence-electron chi connectivity index (χ0n) is 14.8. The fraction of sp³-hybridized carbons (Fsp3) is 0.556. The molecule has 0 aliphatic carbocycles. The molecule has 0 bridgehead atoms. The lowest BCUT2D eigenvalue weighted by molar-refractivity contribution is -0.117. The van der Waals surface area contributed by atoms with Crippen LogP contribution >= 0.6 is 0 Å². The van der Waals surface area contributed by atoms with Crippen LogP contribution in [0.5, 0.6) is 11.5 Å². The molecule has 130 valence electrons. The maximum Gasteiger partial charge on any atom is 0.238 e. The molecule has 1 heterocycles. The van der Waals surface area contributed by atoms with Crippen LogP contribution in [0.2, 0.25) is 0 Å². The van der Waals surface area contributed by atoms with Crippen LogP contribution in [0.1, 0.15) is 25.8 Å². The Bertz CT molecular complexity index is 629. The van der Waals surface area contributed by atoms with Gasteiger partial charge in [0.1, 0.15) is 6.07 Å². The quantitative estimate of drug-likeness (QED) is 0.897. The van der Waals surface area contributed by atoms with Crippen LogP contribution in [-0.2, 0) is 4.79 Å². The van der Waals surface area contributed by atoms with Gasteiger partial charge in [-0.05, 0) is 18.3 Å². The zero-order valence-corrected chi connectivity index (χ0v) is 14.8. The second-order valence-corrected chi connectivity index (χ2v) is 6.55. The highest BCUT2D eigenvalue weighted by Gasteiger charge is 2.23. The number of amides is 1. The van der Waals surface area contributed by atoms with Crippen molar-refractivity contribution in [1.29, 1.82) is 5.26 Å². The standard InChI is InChI=1S/C18H25N3O3/c1-12-5-13(2)10-21(9-12)11-18(22)20-15-7-17(24-4)16(23-3)6-14(15)8-19/h6-7,12-13H,5,9-11H2,1-4H3,(H,20,22). The number of likely N-dealkylation sites (tertiary alicyclic amines) is 1. The molecule has 1 aromatic carbocycles. The minimum atomic E-state index is -0.125. The number of carbonyl (C=O) groups is 1. The third kappa shape index (κ3) is 4.39. The Kier molecular flexibility index (Phi) is 6.04. The van der Waals surface area contributed by atoms with Crippen molar-refractivity contribution in [2.75, 3.05) is 39.2 Å². The van der Waals surface area contributed by atoms with Crippen molar-refractivity contribution in [3.05, 3.63) is 17.7 Å². The van der Waals surface area contributed by atoms with Gasteiger partial charge in [-0.2, -0.15) is 5.26 Å². The maximum atomic E-state index is 12.4. The summed E-state index contributed by atoms with van der Waals surface area (Å²) in [6.07, 6.45) is 1.20. The van der Waals surface area contributed by atoms with E-state index in [9.17, 15) is 10.1 Å². The molecule has 24 heavy (non-hydrogen) atoms. The topological polar surface area (TPSA) is 74.6 Å². The van der Waals surface area contributed by atoms with E-state index in [1.165, 1.54) is 20.6 Å². The number of nitrogens with one attached hydrogen (secondary N) is 1. The third-order valence-corrected chi connectivity index (χ3v) is 4.23. The molecular formula is C18H25N3O3. The summed E-state index contributed by atoms with van der Waals surface area (Å²) in [6, 6.07) is 5.27. The normalized spacial score (nSPS) is 21.0. The first-order valence-electron chi connectivity index (χ1n) is 8.15. The molecule has 2 atom stereocenters. The van der Waals surface area contributed by atoms with Crippen molar-refractivity contribution in [2.45, 2.75) is 20.3 Å². The average molecular weight is 331 g/mol. The van der Waals surface area contributed by atoms with Crippen LogP contribution in [0, 0.1) is 23.2 Å². The maximum absolute atomic E-state index is 12.4. The molecule has 2 unspecified atom stereocenters. The lowest BCUT2D eigenvalue weighted by Crippen LogP contribution is -2.42. The molecule has 1 aliphatic rings. The van der Waals surface area contributed by atoms with E-state index < -0.39 is 0 Å². The Hall–Kier alpha value is -2.26. The van der Waals surface area contributed by atoms with Gasteiger partial charge >= 0.3 is 0 Å². The largest absolute Gasteiger partial charge is 0.493 e. The molecule has 1 amide bonds. The van der Waals surface area contributed by atoms with Crippen LogP contribution < -0.4 is 14.8 Å². The van der Waals surface area contributed by atoms with Gasteiger partial charge in [0.05, 0.1) is 32.0 Å². The second kappa shape index (κ2) is 8.02. The van der Waals surface area contributed by atoms with Gasteiger partial charge in [-0.1, -0.05) is 13.8 Å². The third-order valence-electron chi connectivity index (χ3n) is 4.23. The van der Waals surface area contributed by atoms with Crippen LogP contribution in [0.3, 0.4) is 0 Å². The number of nitriles is 1.